The molecule has 0 saturated carbocycles. The summed E-state index contributed by atoms with van der Waals surface area (Å²) in [7, 11) is 0. The third-order valence-corrected chi connectivity index (χ3v) is 3.65. The van der Waals surface area contributed by atoms with Gasteiger partial charge in [-0.05, 0) is 32.9 Å². The molecule has 1 heterocycles. The van der Waals surface area contributed by atoms with Crippen LogP contribution in [0.15, 0.2) is 23.6 Å². The minimum absolute atomic E-state index is 0.0748. The zero-order valence-electron chi connectivity index (χ0n) is 11.0. The highest BCUT2D eigenvalue weighted by molar-refractivity contribution is 7.09. The van der Waals surface area contributed by atoms with Crippen molar-refractivity contribution in [3.8, 4) is 0 Å². The fraction of sp³-hybridized carbons (Fsp3) is 0.308. The van der Waals surface area contributed by atoms with Crippen LogP contribution in [-0.2, 0) is 0 Å². The number of anilines is 1. The minimum atomic E-state index is -0.369. The molecule has 1 aromatic heterocycles. The molecule has 0 bridgehead atoms. The zero-order chi connectivity index (χ0) is 14.0. The lowest BCUT2D eigenvalue weighted by Gasteiger charge is -2.13. The molecular formula is C13H15N3O2S. The topological polar surface area (TPSA) is 68.1 Å². The molecule has 2 aromatic rings. The molecule has 0 spiro atoms. The Kier molecular flexibility index (Phi) is 3.80. The molecule has 0 fully saturated rings. The van der Waals surface area contributed by atoms with Crippen molar-refractivity contribution in [3.63, 3.8) is 0 Å². The van der Waals surface area contributed by atoms with Gasteiger partial charge >= 0.3 is 0 Å². The van der Waals surface area contributed by atoms with Crippen molar-refractivity contribution >= 4 is 22.7 Å². The van der Waals surface area contributed by atoms with E-state index in [2.05, 4.69) is 10.3 Å². The van der Waals surface area contributed by atoms with Crippen molar-refractivity contribution in [2.45, 2.75) is 26.8 Å². The zero-order valence-corrected chi connectivity index (χ0v) is 11.8. The number of benzene rings is 1. The summed E-state index contributed by atoms with van der Waals surface area (Å²) in [6, 6.07) is 5.11. The third kappa shape index (κ3) is 3.08. The Labute approximate surface area is 115 Å². The van der Waals surface area contributed by atoms with Crippen LogP contribution in [0.1, 0.15) is 29.2 Å². The number of hydrogen-bond donors (Lipinski definition) is 1. The Balaban J connectivity index is 2.15. The number of hydrogen-bond acceptors (Lipinski definition) is 5. The van der Waals surface area contributed by atoms with Crippen molar-refractivity contribution in [3.05, 3.63) is 50.0 Å². The Bertz CT molecular complexity index is 610. The van der Waals surface area contributed by atoms with Crippen LogP contribution in [0.2, 0.25) is 0 Å². The maximum atomic E-state index is 10.8. The highest BCUT2D eigenvalue weighted by atomic mass is 32.1. The van der Waals surface area contributed by atoms with Gasteiger partial charge in [-0.2, -0.15) is 0 Å². The first kappa shape index (κ1) is 13.5. The molecule has 6 heteroatoms. The van der Waals surface area contributed by atoms with Crippen LogP contribution in [0.5, 0.6) is 0 Å². The molecule has 2 rings (SSSR count). The van der Waals surface area contributed by atoms with E-state index >= 15 is 0 Å². The largest absolute Gasteiger partial charge is 0.377 e. The van der Waals surface area contributed by atoms with E-state index < -0.39 is 0 Å². The molecule has 0 aliphatic carbocycles. The third-order valence-electron chi connectivity index (χ3n) is 2.86. The molecule has 1 aromatic carbocycles. The highest BCUT2D eigenvalue weighted by Gasteiger charge is 2.12. The SMILES string of the molecule is Cc1nc(C(C)Nc2ccc([N+](=O)[O-])c(C)c2)cs1. The van der Waals surface area contributed by atoms with Crippen LogP contribution < -0.4 is 5.32 Å². The van der Waals surface area contributed by atoms with Gasteiger partial charge in [0.1, 0.15) is 0 Å². The van der Waals surface area contributed by atoms with Gasteiger partial charge in [0.2, 0.25) is 0 Å². The molecule has 100 valence electrons. The fourth-order valence-electron chi connectivity index (χ4n) is 1.85. The quantitative estimate of drug-likeness (QED) is 0.681. The second kappa shape index (κ2) is 5.36. The first-order valence-electron chi connectivity index (χ1n) is 5.91. The van der Waals surface area contributed by atoms with Crippen LogP contribution in [0, 0.1) is 24.0 Å². The van der Waals surface area contributed by atoms with Crippen molar-refractivity contribution in [1.82, 2.24) is 4.98 Å². The number of nitrogens with zero attached hydrogens (tertiary/aromatic N) is 2. The van der Waals surface area contributed by atoms with Crippen molar-refractivity contribution < 1.29 is 4.92 Å². The Morgan fingerprint density at radius 2 is 2.16 bits per heavy atom. The van der Waals surface area contributed by atoms with Crippen molar-refractivity contribution in [2.24, 2.45) is 0 Å². The van der Waals surface area contributed by atoms with E-state index in [1.807, 2.05) is 19.2 Å². The summed E-state index contributed by atoms with van der Waals surface area (Å²) in [5, 5.41) is 17.1. The molecule has 1 atom stereocenters. The number of thiazole rings is 1. The predicted molar refractivity (Wildman–Crippen MR) is 76.7 cm³/mol. The summed E-state index contributed by atoms with van der Waals surface area (Å²) < 4.78 is 0. The predicted octanol–water partition coefficient (Wildman–Crippen LogP) is 3.84. The summed E-state index contributed by atoms with van der Waals surface area (Å²) in [5.41, 5.74) is 2.64. The molecule has 0 aliphatic rings. The molecule has 0 saturated heterocycles. The van der Waals surface area contributed by atoms with Gasteiger partial charge in [0.05, 0.1) is 21.7 Å². The standard InChI is InChI=1S/C13H15N3O2S/c1-8-6-11(4-5-13(8)16(17)18)14-9(2)12-7-19-10(3)15-12/h4-7,9,14H,1-3H3. The maximum Gasteiger partial charge on any atom is 0.272 e. The fourth-order valence-corrected chi connectivity index (χ4v) is 2.56. The molecule has 5 nitrogen and oxygen atoms in total. The molecule has 0 amide bonds. The summed E-state index contributed by atoms with van der Waals surface area (Å²) in [6.45, 7) is 5.73. The van der Waals surface area contributed by atoms with Gasteiger partial charge in [0.15, 0.2) is 0 Å². The number of nitro groups is 1. The molecule has 0 aliphatic heterocycles. The van der Waals surface area contributed by atoms with E-state index in [1.54, 1.807) is 30.4 Å². The lowest BCUT2D eigenvalue weighted by atomic mass is 10.1. The van der Waals surface area contributed by atoms with Crippen LogP contribution >= 0.6 is 11.3 Å². The van der Waals surface area contributed by atoms with Crippen LogP contribution in [-0.4, -0.2) is 9.91 Å². The number of nitrogens with one attached hydrogen (secondary N) is 1. The van der Waals surface area contributed by atoms with Gasteiger partial charge in [-0.25, -0.2) is 4.98 Å². The van der Waals surface area contributed by atoms with Gasteiger partial charge in [-0.1, -0.05) is 0 Å². The Morgan fingerprint density at radius 3 is 2.68 bits per heavy atom. The van der Waals surface area contributed by atoms with E-state index in [-0.39, 0.29) is 16.7 Å². The van der Waals surface area contributed by atoms with E-state index in [1.165, 1.54) is 6.07 Å². The van der Waals surface area contributed by atoms with Gasteiger partial charge in [-0.15, -0.1) is 11.3 Å². The average Bonchev–Trinajstić information content (AvgIpc) is 2.75. The first-order valence-corrected chi connectivity index (χ1v) is 6.79. The molecular weight excluding hydrogens is 262 g/mol. The normalized spacial score (nSPS) is 12.2. The maximum absolute atomic E-state index is 10.8. The number of nitro benzene ring substituents is 1. The van der Waals surface area contributed by atoms with Crippen molar-refractivity contribution in [1.29, 1.82) is 0 Å². The van der Waals surface area contributed by atoms with Gasteiger partial charge in [-0.3, -0.25) is 10.1 Å². The van der Waals surface area contributed by atoms with Crippen LogP contribution in [0.4, 0.5) is 11.4 Å². The van der Waals surface area contributed by atoms with E-state index in [9.17, 15) is 10.1 Å². The van der Waals surface area contributed by atoms with E-state index in [4.69, 9.17) is 0 Å². The van der Waals surface area contributed by atoms with Gasteiger partial charge < -0.3 is 5.32 Å². The monoisotopic (exact) mass is 277 g/mol. The number of aryl methyl sites for hydroxylation is 2. The number of rotatable bonds is 4. The molecule has 1 unspecified atom stereocenters. The van der Waals surface area contributed by atoms with E-state index in [0.29, 0.717) is 5.56 Å². The molecule has 1 N–H and O–H groups in total. The average molecular weight is 277 g/mol. The lowest BCUT2D eigenvalue weighted by molar-refractivity contribution is -0.385. The smallest absolute Gasteiger partial charge is 0.272 e. The summed E-state index contributed by atoms with van der Waals surface area (Å²) >= 11 is 1.61. The molecule has 19 heavy (non-hydrogen) atoms. The van der Waals surface area contributed by atoms with Crippen molar-refractivity contribution in [2.75, 3.05) is 5.32 Å². The summed E-state index contributed by atoms with van der Waals surface area (Å²) in [5.74, 6) is 0. The Hall–Kier alpha value is -1.95. The van der Waals surface area contributed by atoms with Gasteiger partial charge in [0.25, 0.3) is 5.69 Å². The lowest BCUT2D eigenvalue weighted by Crippen LogP contribution is -2.07. The van der Waals surface area contributed by atoms with Crippen LogP contribution in [0.3, 0.4) is 0 Å². The first-order chi connectivity index (χ1) is 8.97. The van der Waals surface area contributed by atoms with E-state index in [0.717, 1.165) is 16.4 Å². The van der Waals surface area contributed by atoms with Gasteiger partial charge in [0, 0.05) is 22.7 Å². The minimum Gasteiger partial charge on any atom is -0.377 e. The second-order valence-corrected chi connectivity index (χ2v) is 5.48. The van der Waals surface area contributed by atoms with Crippen LogP contribution in [0.25, 0.3) is 0 Å². The highest BCUT2D eigenvalue weighted by Crippen LogP contribution is 2.25. The summed E-state index contributed by atoms with van der Waals surface area (Å²) in [6.07, 6.45) is 0. The number of aromatic nitrogens is 1. The second-order valence-electron chi connectivity index (χ2n) is 4.42. The summed E-state index contributed by atoms with van der Waals surface area (Å²) in [4.78, 5) is 14.8. The Morgan fingerprint density at radius 1 is 1.42 bits per heavy atom. The molecule has 0 radical (unpaired) electrons.